The van der Waals surface area contributed by atoms with Crippen LogP contribution in [0.25, 0.3) is 0 Å². The van der Waals surface area contributed by atoms with Gasteiger partial charge in [0, 0.05) is 26.1 Å². The summed E-state index contributed by atoms with van der Waals surface area (Å²) in [5, 5.41) is 0. The Kier molecular flexibility index (Phi) is 5.09. The van der Waals surface area contributed by atoms with Crippen LogP contribution in [0.3, 0.4) is 0 Å². The van der Waals surface area contributed by atoms with E-state index < -0.39 is 0 Å². The molecule has 1 rings (SSSR count). The number of amides is 1. The normalized spacial score (nSPS) is 19.9. The first kappa shape index (κ1) is 12.5. The molecule has 0 spiro atoms. The van der Waals surface area contributed by atoms with Gasteiger partial charge in [0.15, 0.2) is 0 Å². The number of carbonyl (C=O) groups is 1. The van der Waals surface area contributed by atoms with Crippen LogP contribution in [0.1, 0.15) is 45.4 Å². The fraction of sp³-hybridized carbons (Fsp3) is 0.917. The zero-order valence-electron chi connectivity index (χ0n) is 10.0. The average molecular weight is 212 g/mol. The molecule has 0 radical (unpaired) electrons. The van der Waals surface area contributed by atoms with Crippen LogP contribution in [0.2, 0.25) is 0 Å². The second-order valence-corrected chi connectivity index (χ2v) is 4.80. The first-order valence-electron chi connectivity index (χ1n) is 6.11. The van der Waals surface area contributed by atoms with E-state index in [-0.39, 0.29) is 11.9 Å². The number of nitrogens with two attached hydrogens (primary N) is 1. The van der Waals surface area contributed by atoms with Crippen LogP contribution < -0.4 is 5.73 Å². The van der Waals surface area contributed by atoms with Crippen molar-refractivity contribution in [1.29, 1.82) is 0 Å². The van der Waals surface area contributed by atoms with Crippen molar-refractivity contribution in [2.45, 2.75) is 51.5 Å². The molecule has 0 bridgehead atoms. The summed E-state index contributed by atoms with van der Waals surface area (Å²) in [7, 11) is 1.86. The highest BCUT2D eigenvalue weighted by Crippen LogP contribution is 2.26. The molecule has 1 aliphatic carbocycles. The van der Waals surface area contributed by atoms with Gasteiger partial charge in [-0.15, -0.1) is 0 Å². The molecule has 15 heavy (non-hydrogen) atoms. The minimum absolute atomic E-state index is 0.168. The number of likely N-dealkylation sites (N-methyl/N-ethyl adjacent to an activating group) is 1. The summed E-state index contributed by atoms with van der Waals surface area (Å²) >= 11 is 0. The molecular formula is C12H24N2O. The lowest BCUT2D eigenvalue weighted by atomic mass is 9.86. The fourth-order valence-corrected chi connectivity index (χ4v) is 2.19. The van der Waals surface area contributed by atoms with Gasteiger partial charge in [-0.3, -0.25) is 4.79 Å². The molecule has 0 aromatic carbocycles. The summed E-state index contributed by atoms with van der Waals surface area (Å²) < 4.78 is 0. The standard InChI is InChI=1S/C12H24N2O/c1-10(9-13)14(2)12(15)8-11-6-4-3-5-7-11/h10-11H,3-9,13H2,1-2H3. The van der Waals surface area contributed by atoms with E-state index in [1.54, 1.807) is 4.90 Å². The van der Waals surface area contributed by atoms with Crippen LogP contribution in [-0.2, 0) is 4.79 Å². The number of carbonyl (C=O) groups excluding carboxylic acids is 1. The van der Waals surface area contributed by atoms with Crippen LogP contribution in [0.4, 0.5) is 0 Å². The largest absolute Gasteiger partial charge is 0.342 e. The molecule has 3 heteroatoms. The predicted molar refractivity (Wildman–Crippen MR) is 62.5 cm³/mol. The van der Waals surface area contributed by atoms with E-state index in [0.29, 0.717) is 12.5 Å². The molecule has 0 aromatic heterocycles. The highest BCUT2D eigenvalue weighted by molar-refractivity contribution is 5.76. The second kappa shape index (κ2) is 6.11. The summed E-state index contributed by atoms with van der Waals surface area (Å²) in [6.45, 7) is 2.55. The lowest BCUT2D eigenvalue weighted by Gasteiger charge is -2.27. The van der Waals surface area contributed by atoms with Crippen LogP contribution in [0.5, 0.6) is 0 Å². The predicted octanol–water partition coefficient (Wildman–Crippen LogP) is 1.76. The second-order valence-electron chi connectivity index (χ2n) is 4.80. The molecular weight excluding hydrogens is 188 g/mol. The van der Waals surface area contributed by atoms with Gasteiger partial charge >= 0.3 is 0 Å². The first-order valence-corrected chi connectivity index (χ1v) is 6.11. The molecule has 3 nitrogen and oxygen atoms in total. The number of rotatable bonds is 4. The molecule has 1 atom stereocenters. The van der Waals surface area contributed by atoms with E-state index in [4.69, 9.17) is 5.73 Å². The van der Waals surface area contributed by atoms with Crippen molar-refractivity contribution in [2.75, 3.05) is 13.6 Å². The quantitative estimate of drug-likeness (QED) is 0.772. The minimum Gasteiger partial charge on any atom is -0.342 e. The van der Waals surface area contributed by atoms with Crippen molar-refractivity contribution >= 4 is 5.91 Å². The van der Waals surface area contributed by atoms with Crippen LogP contribution in [0, 0.1) is 5.92 Å². The lowest BCUT2D eigenvalue weighted by molar-refractivity contribution is -0.132. The van der Waals surface area contributed by atoms with Gasteiger partial charge in [-0.2, -0.15) is 0 Å². The zero-order chi connectivity index (χ0) is 11.3. The van der Waals surface area contributed by atoms with Crippen molar-refractivity contribution in [2.24, 2.45) is 11.7 Å². The van der Waals surface area contributed by atoms with Gasteiger partial charge < -0.3 is 10.6 Å². The molecule has 1 fully saturated rings. The van der Waals surface area contributed by atoms with Gasteiger partial charge in [0.2, 0.25) is 5.91 Å². The van der Waals surface area contributed by atoms with Crippen LogP contribution in [0.15, 0.2) is 0 Å². The van der Waals surface area contributed by atoms with E-state index in [9.17, 15) is 4.79 Å². The Morgan fingerprint density at radius 2 is 2.00 bits per heavy atom. The van der Waals surface area contributed by atoms with E-state index in [0.717, 1.165) is 6.42 Å². The van der Waals surface area contributed by atoms with E-state index >= 15 is 0 Å². The molecule has 0 aliphatic heterocycles. The maximum Gasteiger partial charge on any atom is 0.222 e. The van der Waals surface area contributed by atoms with E-state index in [1.165, 1.54) is 32.1 Å². The summed E-state index contributed by atoms with van der Waals surface area (Å²) in [6.07, 6.45) is 7.13. The number of hydrogen-bond acceptors (Lipinski definition) is 2. The highest BCUT2D eigenvalue weighted by atomic mass is 16.2. The van der Waals surface area contributed by atoms with E-state index in [1.807, 2.05) is 14.0 Å². The Morgan fingerprint density at radius 3 is 2.53 bits per heavy atom. The van der Waals surface area contributed by atoms with Crippen molar-refractivity contribution in [3.63, 3.8) is 0 Å². The highest BCUT2D eigenvalue weighted by Gasteiger charge is 2.20. The van der Waals surface area contributed by atoms with Crippen LogP contribution >= 0.6 is 0 Å². The minimum atomic E-state index is 0.168. The van der Waals surface area contributed by atoms with Gasteiger partial charge in [0.05, 0.1) is 0 Å². The van der Waals surface area contributed by atoms with Gasteiger partial charge in [-0.05, 0) is 25.7 Å². The third-order valence-corrected chi connectivity index (χ3v) is 3.58. The molecule has 2 N–H and O–H groups in total. The molecule has 1 aliphatic rings. The number of nitrogens with zero attached hydrogens (tertiary/aromatic N) is 1. The average Bonchev–Trinajstić information content (AvgIpc) is 2.28. The summed E-state index contributed by atoms with van der Waals surface area (Å²) in [4.78, 5) is 13.7. The Morgan fingerprint density at radius 1 is 1.40 bits per heavy atom. The van der Waals surface area contributed by atoms with Crippen molar-refractivity contribution < 1.29 is 4.79 Å². The van der Waals surface area contributed by atoms with Crippen molar-refractivity contribution in [3.8, 4) is 0 Å². The smallest absolute Gasteiger partial charge is 0.222 e. The van der Waals surface area contributed by atoms with Gasteiger partial charge in [0.25, 0.3) is 0 Å². The Labute approximate surface area is 93.0 Å². The summed E-state index contributed by atoms with van der Waals surface area (Å²) in [5.41, 5.74) is 5.55. The summed E-state index contributed by atoms with van der Waals surface area (Å²) in [6, 6.07) is 0.168. The Balaban J connectivity index is 2.33. The van der Waals surface area contributed by atoms with Gasteiger partial charge in [-0.25, -0.2) is 0 Å². The van der Waals surface area contributed by atoms with Crippen molar-refractivity contribution in [3.05, 3.63) is 0 Å². The maximum atomic E-state index is 11.9. The summed E-state index contributed by atoms with van der Waals surface area (Å²) in [5.74, 6) is 0.888. The molecule has 0 heterocycles. The molecule has 1 saturated carbocycles. The zero-order valence-corrected chi connectivity index (χ0v) is 10.0. The monoisotopic (exact) mass is 212 g/mol. The van der Waals surface area contributed by atoms with Crippen LogP contribution in [-0.4, -0.2) is 30.4 Å². The van der Waals surface area contributed by atoms with E-state index in [2.05, 4.69) is 0 Å². The molecule has 1 amide bonds. The fourth-order valence-electron chi connectivity index (χ4n) is 2.19. The topological polar surface area (TPSA) is 46.3 Å². The molecule has 88 valence electrons. The van der Waals surface area contributed by atoms with Gasteiger partial charge in [-0.1, -0.05) is 19.3 Å². The maximum absolute atomic E-state index is 11.9. The van der Waals surface area contributed by atoms with Crippen molar-refractivity contribution in [1.82, 2.24) is 4.90 Å². The Hall–Kier alpha value is -0.570. The lowest BCUT2D eigenvalue weighted by Crippen LogP contribution is -2.40. The SMILES string of the molecule is CC(CN)N(C)C(=O)CC1CCCCC1. The third kappa shape index (κ3) is 3.82. The third-order valence-electron chi connectivity index (χ3n) is 3.58. The van der Waals surface area contributed by atoms with Gasteiger partial charge in [0.1, 0.15) is 0 Å². The number of hydrogen-bond donors (Lipinski definition) is 1. The molecule has 0 aromatic rings. The first-order chi connectivity index (χ1) is 7.15. The molecule has 1 unspecified atom stereocenters. The molecule has 0 saturated heterocycles. The Bertz CT molecular complexity index is 200.